The molecule has 0 fully saturated rings. The third-order valence-corrected chi connectivity index (χ3v) is 0.866. The number of rotatable bonds is 4. The Morgan fingerprint density at radius 2 is 1.27 bits per heavy atom. The minimum atomic E-state index is -0.745. The number of carbonyl (C=O) groups is 2. The Balaban J connectivity index is -0.000000147. The van der Waals surface area contributed by atoms with Crippen molar-refractivity contribution in [2.24, 2.45) is 0 Å². The van der Waals surface area contributed by atoms with Crippen LogP contribution in [0.2, 0.25) is 0 Å². The van der Waals surface area contributed by atoms with E-state index in [0.717, 1.165) is 6.42 Å². The smallest absolute Gasteiger partial charge is 0.303 e. The lowest BCUT2D eigenvalue weighted by Crippen LogP contribution is -1.90. The van der Waals surface area contributed by atoms with Gasteiger partial charge < -0.3 is 20.4 Å². The molecule has 0 unspecified atom stereocenters. The largest absolute Gasteiger partial charge is 0.481 e. The van der Waals surface area contributed by atoms with Gasteiger partial charge in [-0.1, -0.05) is 13.8 Å². The van der Waals surface area contributed by atoms with Crippen molar-refractivity contribution in [2.45, 2.75) is 33.1 Å². The molecule has 0 heterocycles. The fourth-order valence-electron chi connectivity index (χ4n) is 0.214. The molecule has 0 saturated carbocycles. The number of aliphatic carboxylic acids is 2. The van der Waals surface area contributed by atoms with Crippen LogP contribution in [0.3, 0.4) is 0 Å². The quantitative estimate of drug-likeness (QED) is 0.546. The van der Waals surface area contributed by atoms with Crippen LogP contribution in [0.15, 0.2) is 0 Å². The highest BCUT2D eigenvalue weighted by Crippen LogP contribution is 1.82. The van der Waals surface area contributed by atoms with Gasteiger partial charge in [0.25, 0.3) is 0 Å². The molecule has 0 aliphatic heterocycles. The second kappa shape index (κ2) is 18.6. The van der Waals surface area contributed by atoms with Crippen molar-refractivity contribution in [2.75, 3.05) is 13.2 Å². The third kappa shape index (κ3) is 64.2. The van der Waals surface area contributed by atoms with Gasteiger partial charge in [0.15, 0.2) is 0 Å². The van der Waals surface area contributed by atoms with Crippen LogP contribution in [0.25, 0.3) is 0 Å². The molecule has 0 rings (SSSR count). The summed E-state index contributed by atoms with van der Waals surface area (Å²) in [5, 5.41) is 30.9. The zero-order chi connectivity index (χ0) is 12.7. The van der Waals surface area contributed by atoms with Crippen LogP contribution in [0.1, 0.15) is 33.1 Å². The number of aliphatic hydroxyl groups is 2. The molecule has 0 aliphatic rings. The fraction of sp³-hybridized carbons (Fsp3) is 0.778. The molecular weight excluding hydrogens is 204 g/mol. The van der Waals surface area contributed by atoms with E-state index in [1.165, 1.54) is 0 Å². The minimum Gasteiger partial charge on any atom is -0.481 e. The summed E-state index contributed by atoms with van der Waals surface area (Å²) in [7, 11) is 0. The average Bonchev–Trinajstić information content (AvgIpc) is 2.19. The molecule has 0 bridgehead atoms. The van der Waals surface area contributed by atoms with Gasteiger partial charge in [0, 0.05) is 12.8 Å². The summed E-state index contributed by atoms with van der Waals surface area (Å²) in [6.45, 7) is 3.19. The molecule has 4 N–H and O–H groups in total. The molecule has 6 nitrogen and oxygen atoms in total. The topological polar surface area (TPSA) is 115 Å². The van der Waals surface area contributed by atoms with E-state index in [0.29, 0.717) is 6.42 Å². The number of aliphatic hydroxyl groups excluding tert-OH is 2. The Morgan fingerprint density at radius 3 is 1.27 bits per heavy atom. The maximum Gasteiger partial charge on any atom is 0.303 e. The Kier molecular flexibility index (Phi) is 24.1. The third-order valence-electron chi connectivity index (χ3n) is 0.866. The second-order valence-electron chi connectivity index (χ2n) is 2.34. The van der Waals surface area contributed by atoms with Crippen LogP contribution in [-0.4, -0.2) is 45.6 Å². The van der Waals surface area contributed by atoms with E-state index in [1.54, 1.807) is 6.92 Å². The van der Waals surface area contributed by atoms with Gasteiger partial charge in [-0.25, -0.2) is 0 Å². The zero-order valence-corrected chi connectivity index (χ0v) is 9.14. The Bertz CT molecular complexity index is 144. The number of hydrogen-bond donors (Lipinski definition) is 4. The van der Waals surface area contributed by atoms with Gasteiger partial charge in [-0.2, -0.15) is 0 Å². The Morgan fingerprint density at radius 1 is 0.933 bits per heavy atom. The van der Waals surface area contributed by atoms with Crippen molar-refractivity contribution in [1.82, 2.24) is 0 Å². The molecular formula is C9H20O6. The van der Waals surface area contributed by atoms with E-state index in [2.05, 4.69) is 0 Å². The van der Waals surface area contributed by atoms with Gasteiger partial charge in [0.05, 0.1) is 13.2 Å². The van der Waals surface area contributed by atoms with Crippen LogP contribution in [0.4, 0.5) is 0 Å². The van der Waals surface area contributed by atoms with Gasteiger partial charge in [-0.3, -0.25) is 9.59 Å². The predicted molar refractivity (Wildman–Crippen MR) is 54.6 cm³/mol. The lowest BCUT2D eigenvalue weighted by atomic mass is 10.4. The summed E-state index contributed by atoms with van der Waals surface area (Å²) in [6, 6.07) is 0. The number of carboxylic acid groups (broad SMARTS) is 2. The summed E-state index contributed by atoms with van der Waals surface area (Å²) >= 11 is 0. The van der Waals surface area contributed by atoms with Crippen LogP contribution in [-0.2, 0) is 9.59 Å². The van der Waals surface area contributed by atoms with Crippen LogP contribution in [0.5, 0.6) is 0 Å². The van der Waals surface area contributed by atoms with Gasteiger partial charge in [0.2, 0.25) is 0 Å². The van der Waals surface area contributed by atoms with E-state index < -0.39 is 11.9 Å². The van der Waals surface area contributed by atoms with Crippen LogP contribution >= 0.6 is 0 Å². The minimum absolute atomic E-state index is 0.125. The van der Waals surface area contributed by atoms with Gasteiger partial charge in [-0.05, 0) is 6.42 Å². The predicted octanol–water partition coefficient (Wildman–Crippen LogP) is 0.323. The van der Waals surface area contributed by atoms with E-state index in [4.69, 9.17) is 20.4 Å². The first-order valence-electron chi connectivity index (χ1n) is 4.61. The summed E-state index contributed by atoms with van der Waals surface area (Å²) in [4.78, 5) is 19.0. The van der Waals surface area contributed by atoms with E-state index in [-0.39, 0.29) is 19.6 Å². The van der Waals surface area contributed by atoms with Crippen molar-refractivity contribution in [1.29, 1.82) is 0 Å². The molecule has 0 radical (unpaired) electrons. The summed E-state index contributed by atoms with van der Waals surface area (Å²) in [6.07, 6.45) is 1.25. The molecule has 6 heteroatoms. The molecule has 0 aromatic carbocycles. The Labute approximate surface area is 89.2 Å². The van der Waals surface area contributed by atoms with Gasteiger partial charge in [0.1, 0.15) is 0 Å². The van der Waals surface area contributed by atoms with Crippen molar-refractivity contribution in [3.8, 4) is 0 Å². The second-order valence-corrected chi connectivity index (χ2v) is 2.34. The number of carboxylic acids is 2. The van der Waals surface area contributed by atoms with Crippen LogP contribution in [0, 0.1) is 0 Å². The first kappa shape index (κ1) is 19.4. The van der Waals surface area contributed by atoms with Crippen molar-refractivity contribution in [3.63, 3.8) is 0 Å². The molecule has 0 aromatic rings. The maximum atomic E-state index is 9.60. The normalized spacial score (nSPS) is 7.73. The molecule has 0 amide bonds. The fourth-order valence-corrected chi connectivity index (χ4v) is 0.214. The molecule has 0 atom stereocenters. The molecule has 92 valence electrons. The van der Waals surface area contributed by atoms with Crippen molar-refractivity contribution in [3.05, 3.63) is 0 Å². The maximum absolute atomic E-state index is 9.60. The lowest BCUT2D eigenvalue weighted by molar-refractivity contribution is -0.137. The highest BCUT2D eigenvalue weighted by atomic mass is 16.4. The lowest BCUT2D eigenvalue weighted by Gasteiger charge is -1.79. The zero-order valence-electron chi connectivity index (χ0n) is 9.14. The molecule has 0 aromatic heterocycles. The highest BCUT2D eigenvalue weighted by Gasteiger charge is 1.87. The van der Waals surface area contributed by atoms with Crippen molar-refractivity contribution < 1.29 is 30.0 Å². The summed E-state index contributed by atoms with van der Waals surface area (Å²) < 4.78 is 0. The molecule has 0 saturated heterocycles. The van der Waals surface area contributed by atoms with Gasteiger partial charge >= 0.3 is 11.9 Å². The Hall–Kier alpha value is -1.14. The average molecular weight is 224 g/mol. The molecule has 0 spiro atoms. The summed E-state index contributed by atoms with van der Waals surface area (Å²) in [5.41, 5.74) is 0. The SMILES string of the molecule is CCC(=O)O.CCCC(=O)O.OCCO. The molecule has 15 heavy (non-hydrogen) atoms. The molecule has 0 aliphatic carbocycles. The first-order chi connectivity index (χ1) is 6.95. The summed E-state index contributed by atoms with van der Waals surface area (Å²) in [5.74, 6) is -1.46. The monoisotopic (exact) mass is 224 g/mol. The van der Waals surface area contributed by atoms with E-state index in [1.807, 2.05) is 6.92 Å². The van der Waals surface area contributed by atoms with Crippen molar-refractivity contribution >= 4 is 11.9 Å². The van der Waals surface area contributed by atoms with E-state index >= 15 is 0 Å². The standard InChI is InChI=1S/C4H8O2.C3H6O2.C2H6O2/c1-2-3-4(5)6;1-2-3(4)5;3-1-2-4/h2-3H2,1H3,(H,5,6);2H2,1H3,(H,4,5);3-4H,1-2H2. The van der Waals surface area contributed by atoms with Gasteiger partial charge in [-0.15, -0.1) is 0 Å². The van der Waals surface area contributed by atoms with Crippen LogP contribution < -0.4 is 0 Å². The van der Waals surface area contributed by atoms with E-state index in [9.17, 15) is 9.59 Å². The first-order valence-corrected chi connectivity index (χ1v) is 4.61. The number of hydrogen-bond acceptors (Lipinski definition) is 4. The highest BCUT2D eigenvalue weighted by molar-refractivity contribution is 5.66.